The molecule has 1 aliphatic rings. The zero-order chi connectivity index (χ0) is 14.2. The van der Waals surface area contributed by atoms with Crippen LogP contribution in [-0.2, 0) is 0 Å². The lowest BCUT2D eigenvalue weighted by atomic mass is 10.1. The number of nitrogens with zero attached hydrogens (tertiary/aromatic N) is 2. The summed E-state index contributed by atoms with van der Waals surface area (Å²) in [6.45, 7) is 1.68. The molecule has 0 spiro atoms. The number of rotatable bonds is 2. The summed E-state index contributed by atoms with van der Waals surface area (Å²) < 4.78 is 0. The van der Waals surface area contributed by atoms with E-state index in [0.29, 0.717) is 17.5 Å². The molecule has 0 aromatic carbocycles. The fourth-order valence-corrected chi connectivity index (χ4v) is 2.34. The highest BCUT2D eigenvalue weighted by Crippen LogP contribution is 2.15. The Kier molecular flexibility index (Phi) is 5.57. The molecule has 4 heteroatoms. The van der Waals surface area contributed by atoms with Crippen molar-refractivity contribution in [3.63, 3.8) is 0 Å². The molecular weight excluding hydrogens is 252 g/mol. The molecule has 1 amide bonds. The smallest absolute Gasteiger partial charge is 0.255 e. The van der Waals surface area contributed by atoms with Crippen LogP contribution in [0.4, 0.5) is 0 Å². The highest BCUT2D eigenvalue weighted by molar-refractivity contribution is 5.96. The van der Waals surface area contributed by atoms with Gasteiger partial charge in [-0.1, -0.05) is 24.7 Å². The minimum atomic E-state index is 0.0304. The highest BCUT2D eigenvalue weighted by Gasteiger charge is 2.19. The average Bonchev–Trinajstić information content (AvgIpc) is 2.76. The molecule has 1 aliphatic heterocycles. The van der Waals surface area contributed by atoms with E-state index in [1.807, 2.05) is 4.90 Å². The summed E-state index contributed by atoms with van der Waals surface area (Å²) in [5.74, 6) is 5.83. The molecule has 1 aromatic rings. The first-order valence-electron chi connectivity index (χ1n) is 7.16. The number of carbonyl (C=O) groups excluding carboxylic acids is 1. The minimum absolute atomic E-state index is 0.0304. The molecule has 4 nitrogen and oxygen atoms in total. The number of aromatic nitrogens is 1. The van der Waals surface area contributed by atoms with E-state index >= 15 is 0 Å². The average molecular weight is 272 g/mol. The molecule has 0 atom stereocenters. The topological polar surface area (TPSA) is 53.4 Å². The van der Waals surface area contributed by atoms with Crippen LogP contribution in [0.25, 0.3) is 0 Å². The molecule has 0 bridgehead atoms. The van der Waals surface area contributed by atoms with Crippen molar-refractivity contribution in [1.29, 1.82) is 0 Å². The fourth-order valence-electron chi connectivity index (χ4n) is 2.34. The lowest BCUT2D eigenvalue weighted by Gasteiger charge is -2.20. The van der Waals surface area contributed by atoms with Gasteiger partial charge in [0.2, 0.25) is 0 Å². The highest BCUT2D eigenvalue weighted by atomic mass is 16.2. The van der Waals surface area contributed by atoms with Crippen LogP contribution in [0.15, 0.2) is 18.5 Å². The Balaban J connectivity index is 2.18. The number of pyridine rings is 1. The third kappa shape index (κ3) is 3.82. The van der Waals surface area contributed by atoms with E-state index < -0.39 is 0 Å². The molecule has 1 aromatic heterocycles. The molecule has 0 radical (unpaired) electrons. The molecule has 2 heterocycles. The summed E-state index contributed by atoms with van der Waals surface area (Å²) in [4.78, 5) is 18.5. The maximum absolute atomic E-state index is 12.6. The summed E-state index contributed by atoms with van der Waals surface area (Å²) in [5.41, 5.74) is 1.27. The van der Waals surface area contributed by atoms with Crippen molar-refractivity contribution in [2.24, 2.45) is 0 Å². The second kappa shape index (κ2) is 7.66. The lowest BCUT2D eigenvalue weighted by Crippen LogP contribution is -2.32. The summed E-state index contributed by atoms with van der Waals surface area (Å²) in [6.07, 6.45) is 8.20. The van der Waals surface area contributed by atoms with Crippen molar-refractivity contribution in [1.82, 2.24) is 9.88 Å². The maximum Gasteiger partial charge on any atom is 0.255 e. The van der Waals surface area contributed by atoms with Gasteiger partial charge >= 0.3 is 0 Å². The van der Waals surface area contributed by atoms with Crippen LogP contribution in [0, 0.1) is 11.8 Å². The van der Waals surface area contributed by atoms with Gasteiger partial charge in [0.25, 0.3) is 5.91 Å². The van der Waals surface area contributed by atoms with Crippen LogP contribution < -0.4 is 0 Å². The first kappa shape index (κ1) is 14.5. The summed E-state index contributed by atoms with van der Waals surface area (Å²) in [7, 11) is 0. The predicted molar refractivity (Wildman–Crippen MR) is 77.2 cm³/mol. The number of aliphatic hydroxyl groups is 1. The van der Waals surface area contributed by atoms with Crippen LogP contribution in [0.1, 0.15) is 48.0 Å². The van der Waals surface area contributed by atoms with Crippen molar-refractivity contribution in [2.45, 2.75) is 32.1 Å². The standard InChI is InChI=1S/C16H20N2O2/c19-12-6-3-7-14-13-17-9-8-15(14)16(20)18-10-4-1-2-5-11-18/h8-9,13,19H,1-2,4-6,10-12H2. The summed E-state index contributed by atoms with van der Waals surface area (Å²) >= 11 is 0. The lowest BCUT2D eigenvalue weighted by molar-refractivity contribution is 0.0761. The normalized spacial score (nSPS) is 15.2. The van der Waals surface area contributed by atoms with Gasteiger partial charge in [-0.25, -0.2) is 0 Å². The molecule has 20 heavy (non-hydrogen) atoms. The van der Waals surface area contributed by atoms with Crippen LogP contribution >= 0.6 is 0 Å². The molecule has 106 valence electrons. The van der Waals surface area contributed by atoms with Gasteiger partial charge in [0.05, 0.1) is 17.7 Å². The Bertz CT molecular complexity index is 509. The minimum Gasteiger partial charge on any atom is -0.395 e. The van der Waals surface area contributed by atoms with Crippen molar-refractivity contribution in [3.05, 3.63) is 29.6 Å². The molecule has 0 aliphatic carbocycles. The van der Waals surface area contributed by atoms with Crippen LogP contribution in [-0.4, -0.2) is 40.6 Å². The first-order valence-corrected chi connectivity index (χ1v) is 7.16. The molecular formula is C16H20N2O2. The Morgan fingerprint density at radius 1 is 1.30 bits per heavy atom. The van der Waals surface area contributed by atoms with E-state index in [1.54, 1.807) is 18.5 Å². The Morgan fingerprint density at radius 3 is 2.75 bits per heavy atom. The van der Waals surface area contributed by atoms with E-state index in [2.05, 4.69) is 16.8 Å². The van der Waals surface area contributed by atoms with Crippen molar-refractivity contribution in [2.75, 3.05) is 19.7 Å². The van der Waals surface area contributed by atoms with Gasteiger partial charge in [-0.05, 0) is 18.9 Å². The van der Waals surface area contributed by atoms with Crippen LogP contribution in [0.3, 0.4) is 0 Å². The maximum atomic E-state index is 12.6. The van der Waals surface area contributed by atoms with Crippen LogP contribution in [0.2, 0.25) is 0 Å². The van der Waals surface area contributed by atoms with Gasteiger partial charge in [0.1, 0.15) is 0 Å². The second-order valence-corrected chi connectivity index (χ2v) is 4.90. The van der Waals surface area contributed by atoms with E-state index in [-0.39, 0.29) is 12.5 Å². The predicted octanol–water partition coefficient (Wildman–Crippen LogP) is 1.83. The third-order valence-electron chi connectivity index (χ3n) is 3.40. The molecule has 1 fully saturated rings. The van der Waals surface area contributed by atoms with E-state index in [0.717, 1.165) is 25.9 Å². The summed E-state index contributed by atoms with van der Waals surface area (Å²) in [6, 6.07) is 1.73. The molecule has 0 unspecified atom stereocenters. The van der Waals surface area contributed by atoms with E-state index in [9.17, 15) is 4.79 Å². The van der Waals surface area contributed by atoms with Gasteiger partial charge in [-0.2, -0.15) is 0 Å². The van der Waals surface area contributed by atoms with Gasteiger partial charge in [0.15, 0.2) is 0 Å². The Hall–Kier alpha value is -1.86. The first-order chi connectivity index (χ1) is 9.83. The Morgan fingerprint density at radius 2 is 2.05 bits per heavy atom. The SMILES string of the molecule is O=C(c1ccncc1C#CCCO)N1CCCCCC1. The monoisotopic (exact) mass is 272 g/mol. The quantitative estimate of drug-likeness (QED) is 0.836. The number of aliphatic hydroxyl groups excluding tert-OH is 1. The zero-order valence-corrected chi connectivity index (χ0v) is 11.6. The fraction of sp³-hybridized carbons (Fsp3) is 0.500. The van der Waals surface area contributed by atoms with Crippen molar-refractivity contribution >= 4 is 5.91 Å². The van der Waals surface area contributed by atoms with E-state index in [4.69, 9.17) is 5.11 Å². The van der Waals surface area contributed by atoms with Crippen molar-refractivity contribution < 1.29 is 9.90 Å². The number of hydrogen-bond donors (Lipinski definition) is 1. The van der Waals surface area contributed by atoms with Gasteiger partial charge in [-0.3, -0.25) is 9.78 Å². The van der Waals surface area contributed by atoms with Gasteiger partial charge in [-0.15, -0.1) is 0 Å². The van der Waals surface area contributed by atoms with Gasteiger partial charge < -0.3 is 10.0 Å². The molecule has 2 rings (SSSR count). The molecule has 1 saturated heterocycles. The Labute approximate surface area is 119 Å². The number of hydrogen-bond acceptors (Lipinski definition) is 3. The number of likely N-dealkylation sites (tertiary alicyclic amines) is 1. The van der Waals surface area contributed by atoms with Gasteiger partial charge in [0, 0.05) is 31.9 Å². The van der Waals surface area contributed by atoms with Crippen LogP contribution in [0.5, 0.6) is 0 Å². The third-order valence-corrected chi connectivity index (χ3v) is 3.40. The second-order valence-electron chi connectivity index (χ2n) is 4.90. The van der Waals surface area contributed by atoms with Crippen molar-refractivity contribution in [3.8, 4) is 11.8 Å². The largest absolute Gasteiger partial charge is 0.395 e. The number of amides is 1. The molecule has 1 N–H and O–H groups in total. The summed E-state index contributed by atoms with van der Waals surface area (Å²) in [5, 5.41) is 8.76. The number of carbonyl (C=O) groups is 1. The van der Waals surface area contributed by atoms with E-state index in [1.165, 1.54) is 12.8 Å². The zero-order valence-electron chi connectivity index (χ0n) is 11.6. The molecule has 0 saturated carbocycles.